The molecule has 0 aliphatic rings. The van der Waals surface area contributed by atoms with E-state index in [-0.39, 0.29) is 6.42 Å². The van der Waals surface area contributed by atoms with Crippen molar-refractivity contribution in [1.29, 1.82) is 0 Å². The quantitative estimate of drug-likeness (QED) is 0.449. The maximum atomic E-state index is 11.2. The zero-order valence-electron chi connectivity index (χ0n) is 9.19. The molecule has 0 bridgehead atoms. The highest BCUT2D eigenvalue weighted by Crippen LogP contribution is 2.13. The number of anilines is 1. The second-order valence-corrected chi connectivity index (χ2v) is 3.17. The first-order valence-electron chi connectivity index (χ1n) is 4.73. The maximum absolute atomic E-state index is 11.2. The number of carbonyl (C=O) groups excluding carboxylic acids is 1. The largest absolute Gasteiger partial charge is 0.481 e. The Morgan fingerprint density at radius 3 is 2.71 bits per heavy atom. The Hall–Kier alpha value is -2.48. The summed E-state index contributed by atoms with van der Waals surface area (Å²) < 4.78 is 4.54. The molecule has 0 radical (unpaired) electrons. The van der Waals surface area contributed by atoms with Crippen molar-refractivity contribution in [3.63, 3.8) is 0 Å². The topological polar surface area (TPSA) is 89.6 Å². The van der Waals surface area contributed by atoms with E-state index in [1.165, 1.54) is 19.2 Å². The lowest BCUT2D eigenvalue weighted by Crippen LogP contribution is -2.02. The van der Waals surface area contributed by atoms with Crippen LogP contribution in [-0.2, 0) is 9.53 Å². The number of hydrogen-bond donors (Lipinski definition) is 2. The Morgan fingerprint density at radius 2 is 2.18 bits per heavy atom. The van der Waals surface area contributed by atoms with Gasteiger partial charge in [-0.2, -0.15) is 0 Å². The molecule has 1 rings (SSSR count). The van der Waals surface area contributed by atoms with Crippen LogP contribution in [0, 0.1) is 11.8 Å². The number of carbonyl (C=O) groups is 2. The molecule has 1 aromatic carbocycles. The molecule has 0 amide bonds. The highest BCUT2D eigenvalue weighted by Gasteiger charge is 2.06. The molecule has 5 heteroatoms. The molecule has 3 N–H and O–H groups in total. The van der Waals surface area contributed by atoms with Crippen molar-refractivity contribution in [2.75, 3.05) is 12.8 Å². The summed E-state index contributed by atoms with van der Waals surface area (Å²) in [6, 6.07) is 4.51. The van der Waals surface area contributed by atoms with Crippen LogP contribution in [0.25, 0.3) is 0 Å². The first-order valence-corrected chi connectivity index (χ1v) is 4.73. The lowest BCUT2D eigenvalue weighted by molar-refractivity contribution is -0.135. The van der Waals surface area contributed by atoms with E-state index in [1.807, 2.05) is 0 Å². The van der Waals surface area contributed by atoms with E-state index >= 15 is 0 Å². The van der Waals surface area contributed by atoms with Crippen LogP contribution in [0.2, 0.25) is 0 Å². The number of rotatable bonds is 2. The van der Waals surface area contributed by atoms with Gasteiger partial charge in [-0.25, -0.2) is 4.79 Å². The molecule has 0 unspecified atom stereocenters. The number of methoxy groups -OCH3 is 1. The van der Waals surface area contributed by atoms with E-state index in [9.17, 15) is 9.59 Å². The van der Waals surface area contributed by atoms with Crippen molar-refractivity contribution in [3.8, 4) is 11.8 Å². The van der Waals surface area contributed by atoms with Gasteiger partial charge >= 0.3 is 11.9 Å². The summed E-state index contributed by atoms with van der Waals surface area (Å²) in [7, 11) is 1.28. The standard InChI is InChI=1S/C12H11NO4/c1-17-12(16)9-6-5-8(10(13)7-9)3-2-4-11(14)15/h5-7H,4,13H2,1H3,(H,14,15). The summed E-state index contributed by atoms with van der Waals surface area (Å²) in [6.45, 7) is 0. The van der Waals surface area contributed by atoms with E-state index in [1.54, 1.807) is 6.07 Å². The molecule has 88 valence electrons. The van der Waals surface area contributed by atoms with Crippen molar-refractivity contribution >= 4 is 17.6 Å². The maximum Gasteiger partial charge on any atom is 0.337 e. The molecule has 0 atom stereocenters. The summed E-state index contributed by atoms with van der Waals surface area (Å²) in [4.78, 5) is 21.5. The van der Waals surface area contributed by atoms with Crippen LogP contribution in [0.5, 0.6) is 0 Å². The summed E-state index contributed by atoms with van der Waals surface area (Å²) >= 11 is 0. The summed E-state index contributed by atoms with van der Waals surface area (Å²) in [6.07, 6.45) is -0.252. The third kappa shape index (κ3) is 3.54. The Kier molecular flexibility index (Phi) is 4.12. The van der Waals surface area contributed by atoms with Crippen LogP contribution in [-0.4, -0.2) is 24.2 Å². The van der Waals surface area contributed by atoms with Crippen molar-refractivity contribution < 1.29 is 19.4 Å². The number of carboxylic acids is 1. The van der Waals surface area contributed by atoms with Crippen LogP contribution in [0.3, 0.4) is 0 Å². The first-order chi connectivity index (χ1) is 8.04. The number of ether oxygens (including phenoxy) is 1. The third-order valence-corrected chi connectivity index (χ3v) is 1.94. The van der Waals surface area contributed by atoms with E-state index in [2.05, 4.69) is 16.6 Å². The highest BCUT2D eigenvalue weighted by atomic mass is 16.5. The van der Waals surface area contributed by atoms with Crippen LogP contribution in [0.4, 0.5) is 5.69 Å². The van der Waals surface area contributed by atoms with Gasteiger partial charge in [-0.15, -0.1) is 0 Å². The van der Waals surface area contributed by atoms with E-state index in [0.29, 0.717) is 16.8 Å². The number of nitrogens with two attached hydrogens (primary N) is 1. The molecule has 0 spiro atoms. The van der Waals surface area contributed by atoms with Gasteiger partial charge in [-0.3, -0.25) is 4.79 Å². The van der Waals surface area contributed by atoms with Gasteiger partial charge < -0.3 is 15.6 Å². The number of nitrogen functional groups attached to an aromatic ring is 1. The van der Waals surface area contributed by atoms with Crippen molar-refractivity contribution in [2.45, 2.75) is 6.42 Å². The molecule has 0 fully saturated rings. The van der Waals surface area contributed by atoms with Gasteiger partial charge in [-0.05, 0) is 18.2 Å². The monoisotopic (exact) mass is 233 g/mol. The molecule has 0 heterocycles. The lowest BCUT2D eigenvalue weighted by atomic mass is 10.1. The van der Waals surface area contributed by atoms with Gasteiger partial charge in [0, 0.05) is 11.3 Å². The molecule has 0 saturated carbocycles. The Balaban J connectivity index is 2.93. The number of carboxylic acid groups (broad SMARTS) is 1. The second-order valence-electron chi connectivity index (χ2n) is 3.17. The summed E-state index contributed by atoms with van der Waals surface area (Å²) in [5.41, 5.74) is 6.80. The van der Waals surface area contributed by atoms with Crippen LogP contribution in [0.1, 0.15) is 22.3 Å². The molecule has 0 aliphatic heterocycles. The molecular weight excluding hydrogens is 222 g/mol. The minimum absolute atomic E-state index is 0.252. The van der Waals surface area contributed by atoms with Crippen molar-refractivity contribution in [1.82, 2.24) is 0 Å². The lowest BCUT2D eigenvalue weighted by Gasteiger charge is -2.02. The van der Waals surface area contributed by atoms with Gasteiger partial charge in [0.15, 0.2) is 0 Å². The minimum atomic E-state index is -0.998. The fourth-order valence-electron chi connectivity index (χ4n) is 1.14. The Bertz CT molecular complexity index is 511. The molecule has 17 heavy (non-hydrogen) atoms. The summed E-state index contributed by atoms with van der Waals surface area (Å²) in [5, 5.41) is 8.41. The van der Waals surface area contributed by atoms with Crippen LogP contribution >= 0.6 is 0 Å². The van der Waals surface area contributed by atoms with Gasteiger partial charge in [0.1, 0.15) is 6.42 Å². The average molecular weight is 233 g/mol. The third-order valence-electron chi connectivity index (χ3n) is 1.94. The predicted octanol–water partition coefficient (Wildman–Crippen LogP) is 0.882. The fraction of sp³-hybridized carbons (Fsp3) is 0.167. The van der Waals surface area contributed by atoms with E-state index in [0.717, 1.165) is 0 Å². The second kappa shape index (κ2) is 5.56. The average Bonchev–Trinajstić information content (AvgIpc) is 2.29. The summed E-state index contributed by atoms with van der Waals surface area (Å²) in [5.74, 6) is 3.60. The predicted molar refractivity (Wildman–Crippen MR) is 61.3 cm³/mol. The zero-order chi connectivity index (χ0) is 12.8. The molecule has 0 aromatic heterocycles. The molecule has 1 aromatic rings. The van der Waals surface area contributed by atoms with Gasteiger partial charge in [0.25, 0.3) is 0 Å². The Morgan fingerprint density at radius 1 is 1.47 bits per heavy atom. The SMILES string of the molecule is COC(=O)c1ccc(C#CCC(=O)O)c(N)c1. The van der Waals surface area contributed by atoms with Gasteiger partial charge in [0.05, 0.1) is 12.7 Å². The fourth-order valence-corrected chi connectivity index (χ4v) is 1.14. The molecule has 0 aliphatic carbocycles. The molecule has 5 nitrogen and oxygen atoms in total. The zero-order valence-corrected chi connectivity index (χ0v) is 9.19. The number of benzene rings is 1. The first kappa shape index (κ1) is 12.6. The number of esters is 1. The van der Waals surface area contributed by atoms with Crippen LogP contribution < -0.4 is 5.73 Å². The number of hydrogen-bond acceptors (Lipinski definition) is 4. The van der Waals surface area contributed by atoms with Crippen molar-refractivity contribution in [2.24, 2.45) is 0 Å². The molecule has 0 saturated heterocycles. The normalized spacial score (nSPS) is 9.00. The van der Waals surface area contributed by atoms with E-state index < -0.39 is 11.9 Å². The van der Waals surface area contributed by atoms with Gasteiger partial charge in [-0.1, -0.05) is 11.8 Å². The minimum Gasteiger partial charge on any atom is -0.481 e. The highest BCUT2D eigenvalue weighted by molar-refractivity contribution is 5.90. The van der Waals surface area contributed by atoms with E-state index in [4.69, 9.17) is 10.8 Å². The molecular formula is C12H11NO4. The smallest absolute Gasteiger partial charge is 0.337 e. The van der Waals surface area contributed by atoms with Gasteiger partial charge in [0.2, 0.25) is 0 Å². The Labute approximate surface area is 98.2 Å². The van der Waals surface area contributed by atoms with Crippen molar-refractivity contribution in [3.05, 3.63) is 29.3 Å². The number of aliphatic carboxylic acids is 1. The van der Waals surface area contributed by atoms with Crippen LogP contribution in [0.15, 0.2) is 18.2 Å².